The Kier molecular flexibility index (Phi) is 11.7. The molecule has 0 spiro atoms. The molecule has 2 aromatic carbocycles. The van der Waals surface area contributed by atoms with Crippen molar-refractivity contribution in [3.63, 3.8) is 0 Å². The van der Waals surface area contributed by atoms with E-state index < -0.39 is 0 Å². The largest absolute Gasteiger partial charge is 0.353 e. The fourth-order valence-electron chi connectivity index (χ4n) is 3.93. The molecular formula is C26H30Cl4N4O2. The summed E-state index contributed by atoms with van der Waals surface area (Å²) < 4.78 is 0. The first-order valence-electron chi connectivity index (χ1n) is 12.0. The highest BCUT2D eigenvalue weighted by atomic mass is 35.5. The molecule has 3 amide bonds. The van der Waals surface area contributed by atoms with Crippen molar-refractivity contribution in [3.8, 4) is 0 Å². The van der Waals surface area contributed by atoms with Crippen LogP contribution in [0.5, 0.6) is 0 Å². The van der Waals surface area contributed by atoms with Crippen LogP contribution in [0.4, 0.5) is 10.5 Å². The zero-order valence-corrected chi connectivity index (χ0v) is 22.9. The maximum Gasteiger partial charge on any atom is 0.319 e. The molecule has 1 heterocycles. The molecule has 3 N–H and O–H groups in total. The first-order valence-corrected chi connectivity index (χ1v) is 13.5. The Morgan fingerprint density at radius 2 is 1.69 bits per heavy atom. The number of hydrogen-bond donors (Lipinski definition) is 3. The SMILES string of the molecule is O=C(/C=C/c1ccc(Cl)c(Cl)c1)NCCCCCN1CCC(NC(=O)Nc2ccc(Cl)cc2Cl)CC1. The lowest BCUT2D eigenvalue weighted by molar-refractivity contribution is -0.116. The number of piperidine rings is 1. The van der Waals surface area contributed by atoms with Crippen LogP contribution in [-0.2, 0) is 4.79 Å². The van der Waals surface area contributed by atoms with Crippen molar-refractivity contribution >= 4 is 70.1 Å². The normalized spacial score (nSPS) is 14.7. The zero-order valence-electron chi connectivity index (χ0n) is 19.8. The second kappa shape index (κ2) is 14.7. The van der Waals surface area contributed by atoms with Gasteiger partial charge in [-0.05, 0) is 74.2 Å². The van der Waals surface area contributed by atoms with E-state index in [0.29, 0.717) is 32.3 Å². The number of carbonyl (C=O) groups is 2. The summed E-state index contributed by atoms with van der Waals surface area (Å²) in [6.45, 7) is 3.56. The van der Waals surface area contributed by atoms with Crippen LogP contribution in [0, 0.1) is 0 Å². The minimum absolute atomic E-state index is 0.127. The summed E-state index contributed by atoms with van der Waals surface area (Å²) in [5.74, 6) is -0.127. The van der Waals surface area contributed by atoms with Crippen molar-refractivity contribution in [2.75, 3.05) is 31.5 Å². The molecule has 2 aromatic rings. The number of anilines is 1. The van der Waals surface area contributed by atoms with Crippen LogP contribution in [0.25, 0.3) is 6.08 Å². The standard InChI is InChI=1S/C26H30Cl4N4O2/c27-19-6-8-24(23(30)17-19)33-26(36)32-20-10-14-34(15-11-20)13-3-1-2-12-31-25(35)9-5-18-4-7-21(28)22(29)16-18/h4-9,16-17,20H,1-3,10-15H2,(H,31,35)(H2,32,33,36)/b9-5+. The van der Waals surface area contributed by atoms with Crippen molar-refractivity contribution in [3.05, 3.63) is 68.1 Å². The lowest BCUT2D eigenvalue weighted by Gasteiger charge is -2.32. The molecule has 0 saturated carbocycles. The van der Waals surface area contributed by atoms with E-state index in [1.54, 1.807) is 36.4 Å². The van der Waals surface area contributed by atoms with Crippen molar-refractivity contribution in [2.24, 2.45) is 0 Å². The summed E-state index contributed by atoms with van der Waals surface area (Å²) in [5, 5.41) is 10.6. The number of nitrogens with zero attached hydrogens (tertiary/aromatic N) is 1. The first-order chi connectivity index (χ1) is 17.3. The zero-order chi connectivity index (χ0) is 25.9. The van der Waals surface area contributed by atoms with Gasteiger partial charge < -0.3 is 20.9 Å². The van der Waals surface area contributed by atoms with Gasteiger partial charge in [0.05, 0.1) is 20.8 Å². The molecule has 0 radical (unpaired) electrons. The number of likely N-dealkylation sites (tertiary alicyclic amines) is 1. The molecule has 194 valence electrons. The number of nitrogens with one attached hydrogen (secondary N) is 3. The van der Waals surface area contributed by atoms with Crippen LogP contribution in [-0.4, -0.2) is 49.1 Å². The molecule has 1 aliphatic heterocycles. The smallest absolute Gasteiger partial charge is 0.319 e. The molecule has 0 atom stereocenters. The lowest BCUT2D eigenvalue weighted by Crippen LogP contribution is -2.46. The minimum atomic E-state index is -0.258. The fraction of sp³-hybridized carbons (Fsp3) is 0.385. The van der Waals surface area contributed by atoms with E-state index in [9.17, 15) is 9.59 Å². The van der Waals surface area contributed by atoms with E-state index in [0.717, 1.165) is 57.3 Å². The quantitative estimate of drug-likeness (QED) is 0.215. The van der Waals surface area contributed by atoms with Crippen LogP contribution in [0.3, 0.4) is 0 Å². The van der Waals surface area contributed by atoms with E-state index in [2.05, 4.69) is 20.9 Å². The highest BCUT2D eigenvalue weighted by Crippen LogP contribution is 2.25. The Bertz CT molecular complexity index is 1070. The highest BCUT2D eigenvalue weighted by molar-refractivity contribution is 6.42. The van der Waals surface area contributed by atoms with Crippen LogP contribution < -0.4 is 16.0 Å². The third kappa shape index (κ3) is 9.83. The van der Waals surface area contributed by atoms with E-state index in [-0.39, 0.29) is 18.0 Å². The fourth-order valence-corrected chi connectivity index (χ4v) is 4.69. The number of amides is 3. The molecule has 0 unspecified atom stereocenters. The van der Waals surface area contributed by atoms with Crippen molar-refractivity contribution in [1.29, 1.82) is 0 Å². The molecule has 6 nitrogen and oxygen atoms in total. The summed E-state index contributed by atoms with van der Waals surface area (Å²) in [6, 6.07) is 10.1. The minimum Gasteiger partial charge on any atom is -0.353 e. The van der Waals surface area contributed by atoms with E-state index in [1.807, 2.05) is 6.07 Å². The number of carbonyl (C=O) groups excluding carboxylic acids is 2. The van der Waals surface area contributed by atoms with Gasteiger partial charge in [-0.25, -0.2) is 4.79 Å². The van der Waals surface area contributed by atoms with Gasteiger partial charge in [0, 0.05) is 36.8 Å². The predicted molar refractivity (Wildman–Crippen MR) is 150 cm³/mol. The topological polar surface area (TPSA) is 73.5 Å². The Morgan fingerprint density at radius 3 is 2.42 bits per heavy atom. The van der Waals surface area contributed by atoms with Gasteiger partial charge in [-0.1, -0.05) is 58.9 Å². The van der Waals surface area contributed by atoms with Crippen LogP contribution in [0.2, 0.25) is 20.1 Å². The van der Waals surface area contributed by atoms with E-state index in [4.69, 9.17) is 46.4 Å². The number of urea groups is 1. The lowest BCUT2D eigenvalue weighted by atomic mass is 10.0. The van der Waals surface area contributed by atoms with Crippen LogP contribution >= 0.6 is 46.4 Å². The van der Waals surface area contributed by atoms with Gasteiger partial charge in [0.15, 0.2) is 0 Å². The summed E-state index contributed by atoms with van der Waals surface area (Å²) in [4.78, 5) is 26.7. The number of hydrogen-bond acceptors (Lipinski definition) is 3. The molecule has 0 aliphatic carbocycles. The number of benzene rings is 2. The summed E-state index contributed by atoms with van der Waals surface area (Å²) in [5.41, 5.74) is 1.36. The van der Waals surface area contributed by atoms with Gasteiger partial charge in [-0.3, -0.25) is 4.79 Å². The molecule has 1 fully saturated rings. The van der Waals surface area contributed by atoms with Gasteiger partial charge >= 0.3 is 6.03 Å². The highest BCUT2D eigenvalue weighted by Gasteiger charge is 2.20. The van der Waals surface area contributed by atoms with Crippen molar-refractivity contribution in [2.45, 2.75) is 38.1 Å². The summed E-state index contributed by atoms with van der Waals surface area (Å²) >= 11 is 23.9. The molecule has 36 heavy (non-hydrogen) atoms. The van der Waals surface area contributed by atoms with Crippen LogP contribution in [0.15, 0.2) is 42.5 Å². The van der Waals surface area contributed by atoms with E-state index in [1.165, 1.54) is 6.08 Å². The average molecular weight is 572 g/mol. The Morgan fingerprint density at radius 1 is 0.917 bits per heavy atom. The Balaban J connectivity index is 1.23. The molecule has 1 saturated heterocycles. The first kappa shape index (κ1) is 28.6. The monoisotopic (exact) mass is 570 g/mol. The molecule has 10 heteroatoms. The summed E-state index contributed by atoms with van der Waals surface area (Å²) in [6.07, 6.45) is 8.07. The molecule has 0 aromatic heterocycles. The third-order valence-corrected chi connectivity index (χ3v) is 7.21. The third-order valence-electron chi connectivity index (χ3n) is 5.92. The van der Waals surface area contributed by atoms with Gasteiger partial charge in [-0.2, -0.15) is 0 Å². The van der Waals surface area contributed by atoms with Gasteiger partial charge in [0.25, 0.3) is 0 Å². The predicted octanol–water partition coefficient (Wildman–Crippen LogP) is 6.89. The number of halogens is 4. The van der Waals surface area contributed by atoms with Gasteiger partial charge in [-0.15, -0.1) is 0 Å². The average Bonchev–Trinajstić information content (AvgIpc) is 2.85. The maximum absolute atomic E-state index is 12.3. The number of rotatable bonds is 10. The van der Waals surface area contributed by atoms with Crippen molar-refractivity contribution in [1.82, 2.24) is 15.5 Å². The molecular weight excluding hydrogens is 542 g/mol. The summed E-state index contributed by atoms with van der Waals surface area (Å²) in [7, 11) is 0. The van der Waals surface area contributed by atoms with Gasteiger partial charge in [0.1, 0.15) is 0 Å². The molecule has 0 bridgehead atoms. The van der Waals surface area contributed by atoms with Crippen molar-refractivity contribution < 1.29 is 9.59 Å². The molecule has 3 rings (SSSR count). The maximum atomic E-state index is 12.3. The Hall–Kier alpha value is -1.96. The van der Waals surface area contributed by atoms with E-state index >= 15 is 0 Å². The molecule has 1 aliphatic rings. The Labute approximate surface area is 232 Å². The number of unbranched alkanes of at least 4 members (excludes halogenated alkanes) is 2. The van der Waals surface area contributed by atoms with Gasteiger partial charge in [0.2, 0.25) is 5.91 Å². The second-order valence-electron chi connectivity index (χ2n) is 8.70. The van der Waals surface area contributed by atoms with Crippen LogP contribution in [0.1, 0.15) is 37.7 Å². The second-order valence-corrected chi connectivity index (χ2v) is 10.4.